The van der Waals surface area contributed by atoms with Crippen molar-refractivity contribution in [1.29, 1.82) is 0 Å². The Morgan fingerprint density at radius 1 is 0.966 bits per heavy atom. The molecule has 0 aliphatic carbocycles. The molecule has 0 heterocycles. The van der Waals surface area contributed by atoms with Crippen molar-refractivity contribution in [3.8, 4) is 5.75 Å². The zero-order valence-electron chi connectivity index (χ0n) is 15.6. The quantitative estimate of drug-likeness (QED) is 0.458. The van der Waals surface area contributed by atoms with Crippen LogP contribution in [0.5, 0.6) is 5.75 Å². The molecule has 152 valence electrons. The molecule has 0 aromatic heterocycles. The second-order valence-corrected chi connectivity index (χ2v) is 5.92. The first-order valence-corrected chi connectivity index (χ1v) is 8.75. The monoisotopic (exact) mass is 400 g/mol. The summed E-state index contributed by atoms with van der Waals surface area (Å²) in [7, 11) is 0. The van der Waals surface area contributed by atoms with E-state index in [1.165, 1.54) is 36.4 Å². The molecule has 0 aliphatic heterocycles. The van der Waals surface area contributed by atoms with Gasteiger partial charge in [0.25, 0.3) is 17.5 Å². The smallest absolute Gasteiger partial charge is 0.276 e. The van der Waals surface area contributed by atoms with Crippen molar-refractivity contribution in [2.24, 2.45) is 0 Å². The Morgan fingerprint density at radius 2 is 1.62 bits per heavy atom. The molecule has 0 saturated heterocycles. The van der Waals surface area contributed by atoms with E-state index in [1.54, 1.807) is 12.1 Å². The number of rotatable bonds is 8. The van der Waals surface area contributed by atoms with Crippen molar-refractivity contribution >= 4 is 29.1 Å². The van der Waals surface area contributed by atoms with E-state index in [4.69, 9.17) is 4.74 Å². The number of hydrogen-bond donors (Lipinski definition) is 3. The van der Waals surface area contributed by atoms with Gasteiger partial charge in [-0.2, -0.15) is 0 Å². The van der Waals surface area contributed by atoms with Gasteiger partial charge in [-0.1, -0.05) is 6.92 Å². The molecule has 0 atom stereocenters. The average Bonchev–Trinajstić information content (AvgIpc) is 2.71. The molecule has 0 aliphatic rings. The summed E-state index contributed by atoms with van der Waals surface area (Å²) in [5.41, 5.74) is 5.21. The Bertz CT molecular complexity index is 881. The van der Waals surface area contributed by atoms with Crippen LogP contribution in [0.15, 0.2) is 48.5 Å². The number of carbonyl (C=O) groups excluding carboxylic acids is 3. The van der Waals surface area contributed by atoms with Crippen LogP contribution in [0, 0.1) is 10.1 Å². The number of hydrogen-bond acceptors (Lipinski definition) is 6. The fourth-order valence-corrected chi connectivity index (χ4v) is 2.20. The van der Waals surface area contributed by atoms with Crippen LogP contribution in [0.1, 0.15) is 30.1 Å². The van der Waals surface area contributed by atoms with Crippen LogP contribution in [0.4, 0.5) is 11.4 Å². The number of ether oxygens (including phenoxy) is 1. The molecule has 2 rings (SSSR count). The minimum absolute atomic E-state index is 0.0926. The van der Waals surface area contributed by atoms with Crippen LogP contribution < -0.4 is 20.9 Å². The fourth-order valence-electron chi connectivity index (χ4n) is 2.20. The molecule has 0 spiro atoms. The molecule has 0 saturated carbocycles. The molecule has 0 radical (unpaired) electrons. The van der Waals surface area contributed by atoms with Crippen LogP contribution in [0.3, 0.4) is 0 Å². The number of hydrazine groups is 1. The van der Waals surface area contributed by atoms with Gasteiger partial charge in [-0.3, -0.25) is 35.3 Å². The maximum absolute atomic E-state index is 12.0. The summed E-state index contributed by atoms with van der Waals surface area (Å²) >= 11 is 0. The minimum Gasteiger partial charge on any atom is -0.484 e. The van der Waals surface area contributed by atoms with Crippen molar-refractivity contribution in [1.82, 2.24) is 10.9 Å². The van der Waals surface area contributed by atoms with Gasteiger partial charge >= 0.3 is 0 Å². The van der Waals surface area contributed by atoms with E-state index in [0.29, 0.717) is 12.1 Å². The topological polar surface area (TPSA) is 140 Å². The first-order chi connectivity index (χ1) is 13.9. The van der Waals surface area contributed by atoms with Crippen molar-refractivity contribution in [2.75, 3.05) is 11.9 Å². The van der Waals surface area contributed by atoms with Gasteiger partial charge < -0.3 is 10.1 Å². The third-order valence-corrected chi connectivity index (χ3v) is 3.64. The van der Waals surface area contributed by atoms with Crippen molar-refractivity contribution < 1.29 is 24.0 Å². The van der Waals surface area contributed by atoms with Crippen LogP contribution in [0.25, 0.3) is 0 Å². The maximum Gasteiger partial charge on any atom is 0.276 e. The second-order valence-electron chi connectivity index (χ2n) is 5.92. The minimum atomic E-state index is -0.611. The highest BCUT2D eigenvalue weighted by Gasteiger charge is 2.10. The number of anilines is 1. The summed E-state index contributed by atoms with van der Waals surface area (Å²) in [5, 5.41) is 13.3. The van der Waals surface area contributed by atoms with Gasteiger partial charge in [0.05, 0.1) is 4.92 Å². The summed E-state index contributed by atoms with van der Waals surface area (Å²) in [6.45, 7) is 1.51. The Labute approximate surface area is 166 Å². The molecule has 0 bridgehead atoms. The standard InChI is InChI=1S/C19H20N4O6/c1-2-3-17(24)20-14-6-4-13(5-7-14)19(26)22-21-18(25)12-29-16-10-8-15(9-11-16)23(27)28/h4-11H,2-3,12H2,1H3,(H,20,24)(H,21,25)(H,22,26). The highest BCUT2D eigenvalue weighted by atomic mass is 16.6. The Morgan fingerprint density at radius 3 is 2.21 bits per heavy atom. The SMILES string of the molecule is CCCC(=O)Nc1ccc(C(=O)NNC(=O)COc2ccc([N+](=O)[O-])cc2)cc1. The predicted molar refractivity (Wildman–Crippen MR) is 104 cm³/mol. The second kappa shape index (κ2) is 10.4. The fraction of sp³-hybridized carbons (Fsp3) is 0.211. The van der Waals surface area contributed by atoms with Gasteiger partial charge in [0.15, 0.2) is 6.61 Å². The molecular weight excluding hydrogens is 380 g/mol. The van der Waals surface area contributed by atoms with Gasteiger partial charge in [-0.25, -0.2) is 0 Å². The van der Waals surface area contributed by atoms with Crippen LogP contribution >= 0.6 is 0 Å². The summed E-state index contributed by atoms with van der Waals surface area (Å²) < 4.78 is 5.19. The highest BCUT2D eigenvalue weighted by Crippen LogP contribution is 2.17. The van der Waals surface area contributed by atoms with E-state index in [0.717, 1.165) is 6.42 Å². The molecule has 10 heteroatoms. The molecular formula is C19H20N4O6. The van der Waals surface area contributed by atoms with E-state index < -0.39 is 16.7 Å². The number of non-ortho nitro benzene ring substituents is 1. The number of nitrogens with zero attached hydrogens (tertiary/aromatic N) is 1. The van der Waals surface area contributed by atoms with Crippen molar-refractivity contribution in [3.05, 3.63) is 64.2 Å². The summed E-state index contributed by atoms with van der Waals surface area (Å²) in [5.74, 6) is -0.983. The number of nitro benzene ring substituents is 1. The molecule has 0 fully saturated rings. The van der Waals surface area contributed by atoms with E-state index >= 15 is 0 Å². The van der Waals surface area contributed by atoms with E-state index in [2.05, 4.69) is 16.2 Å². The lowest BCUT2D eigenvalue weighted by Gasteiger charge is -2.09. The van der Waals surface area contributed by atoms with Crippen LogP contribution in [-0.4, -0.2) is 29.3 Å². The number of carbonyl (C=O) groups is 3. The lowest BCUT2D eigenvalue weighted by molar-refractivity contribution is -0.384. The molecule has 29 heavy (non-hydrogen) atoms. The number of nitrogens with one attached hydrogen (secondary N) is 3. The third-order valence-electron chi connectivity index (χ3n) is 3.64. The Balaban J connectivity index is 1.77. The van der Waals surface area contributed by atoms with E-state index in [-0.39, 0.29) is 29.5 Å². The zero-order valence-corrected chi connectivity index (χ0v) is 15.6. The first-order valence-electron chi connectivity index (χ1n) is 8.75. The summed E-state index contributed by atoms with van der Waals surface area (Å²) in [6.07, 6.45) is 1.15. The normalized spacial score (nSPS) is 9.97. The maximum atomic E-state index is 12.0. The number of benzene rings is 2. The lowest BCUT2D eigenvalue weighted by Crippen LogP contribution is -2.43. The Kier molecular flexibility index (Phi) is 7.66. The molecule has 3 amide bonds. The van der Waals surface area contributed by atoms with Gasteiger partial charge in [0.1, 0.15) is 5.75 Å². The molecule has 2 aromatic rings. The third kappa shape index (κ3) is 6.94. The predicted octanol–water partition coefficient (Wildman–Crippen LogP) is 2.17. The summed E-state index contributed by atoms with van der Waals surface area (Å²) in [4.78, 5) is 45.4. The zero-order chi connectivity index (χ0) is 21.2. The summed E-state index contributed by atoms with van der Waals surface area (Å²) in [6, 6.07) is 11.4. The molecule has 10 nitrogen and oxygen atoms in total. The van der Waals surface area contributed by atoms with Crippen LogP contribution in [0.2, 0.25) is 0 Å². The number of nitro groups is 1. The Hall–Kier alpha value is -3.95. The van der Waals surface area contributed by atoms with Crippen molar-refractivity contribution in [3.63, 3.8) is 0 Å². The van der Waals surface area contributed by atoms with Crippen LogP contribution in [-0.2, 0) is 9.59 Å². The largest absolute Gasteiger partial charge is 0.484 e. The first kappa shape index (κ1) is 21.4. The van der Waals surface area contributed by atoms with Gasteiger partial charge in [-0.05, 0) is 42.8 Å². The van der Waals surface area contributed by atoms with Gasteiger partial charge in [0, 0.05) is 29.8 Å². The average molecular weight is 400 g/mol. The molecule has 3 N–H and O–H groups in total. The highest BCUT2D eigenvalue weighted by molar-refractivity contribution is 5.96. The van der Waals surface area contributed by atoms with Gasteiger partial charge in [0.2, 0.25) is 5.91 Å². The van der Waals surface area contributed by atoms with Crippen molar-refractivity contribution in [2.45, 2.75) is 19.8 Å². The van der Waals surface area contributed by atoms with E-state index in [9.17, 15) is 24.5 Å². The molecule has 2 aromatic carbocycles. The van der Waals surface area contributed by atoms with Gasteiger partial charge in [-0.15, -0.1) is 0 Å². The lowest BCUT2D eigenvalue weighted by atomic mass is 10.2. The molecule has 0 unspecified atom stereocenters. The number of amides is 3. The van der Waals surface area contributed by atoms with E-state index in [1.807, 2.05) is 6.92 Å².